The van der Waals surface area contributed by atoms with E-state index in [1.54, 1.807) is 22.7 Å². The molecule has 2 aromatic rings. The third-order valence-corrected chi connectivity index (χ3v) is 3.22. The molecule has 0 N–H and O–H groups in total. The van der Waals surface area contributed by atoms with Crippen LogP contribution in [0.3, 0.4) is 0 Å². The Kier molecular flexibility index (Phi) is 5.82. The van der Waals surface area contributed by atoms with Gasteiger partial charge in [-0.2, -0.15) is 0 Å². The van der Waals surface area contributed by atoms with Crippen molar-refractivity contribution in [2.24, 2.45) is 0 Å². The van der Waals surface area contributed by atoms with Crippen LogP contribution in [0.2, 0.25) is 14.8 Å². The van der Waals surface area contributed by atoms with Gasteiger partial charge in [0.15, 0.2) is 0 Å². The van der Waals surface area contributed by atoms with Gasteiger partial charge >= 0.3 is 34.6 Å². The Bertz CT molecular complexity index is 287. The molecule has 0 aliphatic carbocycles. The summed E-state index contributed by atoms with van der Waals surface area (Å²) in [5.74, 6) is 0. The molecule has 2 rings (SSSR count). The van der Waals surface area contributed by atoms with Crippen molar-refractivity contribution in [3.05, 3.63) is 35.0 Å². The number of rotatable bonds is 1. The predicted molar refractivity (Wildman–Crippen MR) is 72.4 cm³/mol. The fraction of sp³-hybridized carbons (Fsp3) is 0.273. The third kappa shape index (κ3) is 4.62. The van der Waals surface area contributed by atoms with Gasteiger partial charge in [0.25, 0.3) is 0 Å². The Morgan fingerprint density at radius 2 is 1.21 bits per heavy atom. The third-order valence-electron chi connectivity index (χ3n) is 1.29. The van der Waals surface area contributed by atoms with Gasteiger partial charge in [-0.1, -0.05) is 12.1 Å². The maximum atomic E-state index is 2.38. The molecule has 76 valence electrons. The fourth-order valence-corrected chi connectivity index (χ4v) is 2.42. The molecule has 0 radical (unpaired) electrons. The second-order valence-corrected chi connectivity index (χ2v) is 15.5. The van der Waals surface area contributed by atoms with E-state index >= 15 is 0 Å². The molecule has 0 aromatic carbocycles. The van der Waals surface area contributed by atoms with Gasteiger partial charge in [-0.05, 0) is 22.9 Å². The van der Waals surface area contributed by atoms with Crippen molar-refractivity contribution in [2.75, 3.05) is 0 Å². The minimum absolute atomic E-state index is 0.637. The van der Waals surface area contributed by atoms with Crippen LogP contribution in [-0.4, -0.2) is 19.8 Å². The molecule has 2 aromatic heterocycles. The predicted octanol–water partition coefficient (Wildman–Crippen LogP) is 4.58. The van der Waals surface area contributed by atoms with Crippen LogP contribution in [0.1, 0.15) is 0 Å². The first-order valence-electron chi connectivity index (χ1n) is 4.77. The van der Waals surface area contributed by atoms with E-state index in [2.05, 4.69) is 49.8 Å². The number of thiophene rings is 2. The van der Waals surface area contributed by atoms with Crippen molar-refractivity contribution in [2.45, 2.75) is 14.8 Å². The summed E-state index contributed by atoms with van der Waals surface area (Å²) in [5, 5.41) is 4.21. The van der Waals surface area contributed by atoms with E-state index in [1.165, 1.54) is 9.75 Å². The number of hydrogen-bond acceptors (Lipinski definition) is 2. The molecule has 0 atom stereocenters. The van der Waals surface area contributed by atoms with E-state index in [0.717, 1.165) is 0 Å². The normalized spacial score (nSPS) is 9.71. The monoisotopic (exact) mass is 332 g/mol. The van der Waals surface area contributed by atoms with Crippen molar-refractivity contribution < 1.29 is 0 Å². The van der Waals surface area contributed by atoms with Crippen LogP contribution in [0, 0.1) is 0 Å². The van der Waals surface area contributed by atoms with E-state index in [9.17, 15) is 0 Å². The molecule has 0 aliphatic rings. The van der Waals surface area contributed by atoms with Gasteiger partial charge in [-0.15, -0.1) is 22.7 Å². The number of hydrogen-bond donors (Lipinski definition) is 0. The Morgan fingerprint density at radius 1 is 0.857 bits per heavy atom. The first-order chi connectivity index (χ1) is 6.70. The minimum Gasteiger partial charge on any atom is -0.143 e. The van der Waals surface area contributed by atoms with Crippen LogP contribution in [0.4, 0.5) is 0 Å². The quantitative estimate of drug-likeness (QED) is 0.671. The molecular weight excluding hydrogens is 315 g/mol. The zero-order valence-electron chi connectivity index (χ0n) is 8.86. The largest absolute Gasteiger partial charge is 0.143 e. The molecule has 0 saturated carbocycles. The smallest absolute Gasteiger partial charge is 0.0442 e. The first kappa shape index (κ1) is 12.3. The summed E-state index contributed by atoms with van der Waals surface area (Å²) in [5.41, 5.74) is 0. The molecule has 0 bridgehead atoms. The van der Waals surface area contributed by atoms with E-state index in [1.807, 2.05) is 0 Å². The van der Waals surface area contributed by atoms with Gasteiger partial charge in [0.05, 0.1) is 0 Å². The van der Waals surface area contributed by atoms with Crippen LogP contribution >= 0.6 is 22.7 Å². The van der Waals surface area contributed by atoms with Crippen LogP contribution in [0.5, 0.6) is 0 Å². The van der Waals surface area contributed by atoms with E-state index in [0.29, 0.717) is 0 Å². The second kappa shape index (κ2) is 6.64. The molecule has 0 unspecified atom stereocenters. The van der Waals surface area contributed by atoms with Gasteiger partial charge in [-0.25, -0.2) is 0 Å². The van der Waals surface area contributed by atoms with Crippen LogP contribution < -0.4 is 0 Å². The summed E-state index contributed by atoms with van der Waals surface area (Å²) < 4.78 is 0. The molecule has 0 nitrogen and oxygen atoms in total. The molecule has 0 saturated heterocycles. The standard InChI is InChI=1S/C8H6S2.3CH3.Sn.H/c1-3-7(9-5-1)8-4-2-6-10-8;;;;;/h1-6H;3*1H3;;. The van der Waals surface area contributed by atoms with Gasteiger partial charge < -0.3 is 0 Å². The van der Waals surface area contributed by atoms with Crippen molar-refractivity contribution in [3.8, 4) is 9.75 Å². The van der Waals surface area contributed by atoms with Gasteiger partial charge in [-0.3, -0.25) is 0 Å². The summed E-state index contributed by atoms with van der Waals surface area (Å²) in [6.07, 6.45) is 0. The Morgan fingerprint density at radius 3 is 1.43 bits per heavy atom. The molecule has 0 amide bonds. The topological polar surface area (TPSA) is 0 Å². The average molecular weight is 331 g/mol. The van der Waals surface area contributed by atoms with Crippen molar-refractivity contribution in [1.29, 1.82) is 0 Å². The Hall–Kier alpha value is 0.199. The average Bonchev–Trinajstić information content (AvgIpc) is 2.76. The molecule has 2 heterocycles. The SMILES string of the molecule is [CH3][SnH]([CH3])[CH3].c1csc(-c2cccs2)c1. The van der Waals surface area contributed by atoms with Gasteiger partial charge in [0.2, 0.25) is 0 Å². The zero-order chi connectivity index (χ0) is 10.4. The molecular formula is C11H16S2Sn. The van der Waals surface area contributed by atoms with E-state index in [-0.39, 0.29) is 0 Å². The van der Waals surface area contributed by atoms with Crippen LogP contribution in [0.15, 0.2) is 35.0 Å². The van der Waals surface area contributed by atoms with Gasteiger partial charge in [0.1, 0.15) is 0 Å². The zero-order valence-corrected chi connectivity index (χ0v) is 13.8. The first-order valence-corrected chi connectivity index (χ1v) is 16.4. The van der Waals surface area contributed by atoms with Crippen molar-refractivity contribution >= 4 is 42.4 Å². The Labute approximate surface area is 101 Å². The van der Waals surface area contributed by atoms with Crippen molar-refractivity contribution in [3.63, 3.8) is 0 Å². The van der Waals surface area contributed by atoms with E-state index < -0.39 is 19.8 Å². The summed E-state index contributed by atoms with van der Waals surface area (Å²) in [4.78, 5) is 9.87. The maximum absolute atomic E-state index is 2.38. The maximum Gasteiger partial charge on any atom is 0.0442 e. The molecule has 0 spiro atoms. The Balaban J connectivity index is 0.000000213. The second-order valence-electron chi connectivity index (χ2n) is 3.69. The molecule has 0 aliphatic heterocycles. The van der Waals surface area contributed by atoms with E-state index in [4.69, 9.17) is 0 Å². The van der Waals surface area contributed by atoms with Gasteiger partial charge in [0, 0.05) is 9.75 Å². The fourth-order valence-electron chi connectivity index (χ4n) is 0.838. The summed E-state index contributed by atoms with van der Waals surface area (Å²) in [6.45, 7) is 0. The summed E-state index contributed by atoms with van der Waals surface area (Å²) in [6, 6.07) is 8.46. The molecule has 14 heavy (non-hydrogen) atoms. The summed E-state index contributed by atoms with van der Waals surface area (Å²) >= 11 is 2.95. The van der Waals surface area contributed by atoms with Crippen molar-refractivity contribution in [1.82, 2.24) is 0 Å². The van der Waals surface area contributed by atoms with Crippen LogP contribution in [0.25, 0.3) is 9.75 Å². The van der Waals surface area contributed by atoms with Crippen LogP contribution in [-0.2, 0) is 0 Å². The minimum atomic E-state index is -0.637. The summed E-state index contributed by atoms with van der Waals surface area (Å²) in [7, 11) is 0. The molecule has 0 fully saturated rings. The molecule has 3 heteroatoms.